The van der Waals surface area contributed by atoms with Gasteiger partial charge in [-0.1, -0.05) is 13.8 Å². The summed E-state index contributed by atoms with van der Waals surface area (Å²) in [5, 5.41) is 11.2. The summed E-state index contributed by atoms with van der Waals surface area (Å²) < 4.78 is 11.6. The van der Waals surface area contributed by atoms with Crippen molar-refractivity contribution < 1.29 is 14.6 Å². The fourth-order valence-electron chi connectivity index (χ4n) is 4.79. The quantitative estimate of drug-likeness (QED) is 0.847. The Labute approximate surface area is 129 Å². The second kappa shape index (κ2) is 6.17. The lowest BCUT2D eigenvalue weighted by Gasteiger charge is -2.50. The molecule has 3 heteroatoms. The van der Waals surface area contributed by atoms with Crippen LogP contribution in [0.2, 0.25) is 0 Å². The maximum atomic E-state index is 11.2. The molecule has 0 radical (unpaired) electrons. The Morgan fingerprint density at radius 2 is 1.62 bits per heavy atom. The van der Waals surface area contributed by atoms with E-state index in [9.17, 15) is 5.11 Å². The van der Waals surface area contributed by atoms with Gasteiger partial charge in [-0.3, -0.25) is 0 Å². The van der Waals surface area contributed by atoms with E-state index in [-0.39, 0.29) is 5.60 Å². The molecule has 0 aromatic carbocycles. The molecular weight excluding hydrogens is 264 g/mol. The first-order valence-corrected chi connectivity index (χ1v) is 8.97. The van der Waals surface area contributed by atoms with Crippen LogP contribution < -0.4 is 0 Å². The zero-order valence-corrected chi connectivity index (χ0v) is 13.8. The minimum Gasteiger partial charge on any atom is -0.390 e. The smallest absolute Gasteiger partial charge is 0.0730 e. The Kier molecular flexibility index (Phi) is 4.63. The van der Waals surface area contributed by atoms with Gasteiger partial charge in [-0.2, -0.15) is 0 Å². The average molecular weight is 296 g/mol. The van der Waals surface area contributed by atoms with E-state index >= 15 is 0 Å². The van der Waals surface area contributed by atoms with E-state index in [2.05, 4.69) is 13.8 Å². The Morgan fingerprint density at radius 3 is 2.24 bits per heavy atom. The molecule has 2 saturated heterocycles. The predicted octanol–water partition coefficient (Wildman–Crippen LogP) is 3.54. The van der Waals surface area contributed by atoms with E-state index in [1.165, 1.54) is 12.8 Å². The van der Waals surface area contributed by atoms with Gasteiger partial charge >= 0.3 is 0 Å². The van der Waals surface area contributed by atoms with Gasteiger partial charge in [-0.25, -0.2) is 0 Å². The summed E-state index contributed by atoms with van der Waals surface area (Å²) in [5.41, 5.74) is -0.424. The van der Waals surface area contributed by atoms with Crippen LogP contribution in [-0.4, -0.2) is 36.1 Å². The molecule has 1 N–H and O–H groups in total. The molecule has 1 saturated carbocycles. The maximum Gasteiger partial charge on any atom is 0.0730 e. The molecule has 3 rings (SSSR count). The van der Waals surface area contributed by atoms with Crippen LogP contribution in [0.3, 0.4) is 0 Å². The Morgan fingerprint density at radius 1 is 0.952 bits per heavy atom. The summed E-state index contributed by atoms with van der Waals surface area (Å²) in [6.45, 7) is 7.10. The topological polar surface area (TPSA) is 38.7 Å². The highest BCUT2D eigenvalue weighted by atomic mass is 16.5. The summed E-state index contributed by atoms with van der Waals surface area (Å²) in [6, 6.07) is 0. The van der Waals surface area contributed by atoms with Gasteiger partial charge in [-0.15, -0.1) is 0 Å². The van der Waals surface area contributed by atoms with Crippen LogP contribution in [-0.2, 0) is 9.47 Å². The number of ether oxygens (including phenoxy) is 2. The van der Waals surface area contributed by atoms with Gasteiger partial charge in [0, 0.05) is 19.8 Å². The Bertz CT molecular complexity index is 333. The number of hydrogen-bond acceptors (Lipinski definition) is 3. The van der Waals surface area contributed by atoms with Gasteiger partial charge in [0.15, 0.2) is 0 Å². The normalized spacial score (nSPS) is 40.6. The molecule has 1 unspecified atom stereocenters. The zero-order valence-electron chi connectivity index (χ0n) is 13.8. The molecule has 2 heterocycles. The molecule has 3 fully saturated rings. The molecule has 0 amide bonds. The number of aliphatic hydroxyl groups is 1. The van der Waals surface area contributed by atoms with Crippen molar-refractivity contribution >= 4 is 0 Å². The van der Waals surface area contributed by atoms with Gasteiger partial charge in [0.25, 0.3) is 0 Å². The van der Waals surface area contributed by atoms with Crippen LogP contribution in [0, 0.1) is 17.8 Å². The summed E-state index contributed by atoms with van der Waals surface area (Å²) in [4.78, 5) is 0. The highest BCUT2D eigenvalue weighted by molar-refractivity contribution is 4.98. The molecule has 1 aliphatic carbocycles. The molecule has 1 atom stereocenters. The number of hydrogen-bond donors (Lipinski definition) is 1. The molecule has 3 nitrogen and oxygen atoms in total. The van der Waals surface area contributed by atoms with Gasteiger partial charge in [0.05, 0.1) is 11.2 Å². The minimum absolute atomic E-state index is 0.00575. The first-order chi connectivity index (χ1) is 10.0. The van der Waals surface area contributed by atoms with Crippen molar-refractivity contribution in [3.8, 4) is 0 Å². The molecule has 0 aromatic heterocycles. The third-order valence-electron chi connectivity index (χ3n) is 6.50. The van der Waals surface area contributed by atoms with Crippen LogP contribution in [0.4, 0.5) is 0 Å². The standard InChI is InChI=1S/C18H32O3/c1-14(2)15-3-6-18(19,7-4-15)16-5-10-21-17(13-16)8-11-20-12-9-17/h14-16,19H,3-13H2,1-2H3. The molecule has 122 valence electrons. The van der Waals surface area contributed by atoms with Crippen molar-refractivity contribution in [1.82, 2.24) is 0 Å². The van der Waals surface area contributed by atoms with Crippen molar-refractivity contribution in [1.29, 1.82) is 0 Å². The van der Waals surface area contributed by atoms with Gasteiger partial charge in [0.2, 0.25) is 0 Å². The molecular formula is C18H32O3. The Hall–Kier alpha value is -0.120. The van der Waals surface area contributed by atoms with Crippen LogP contribution >= 0.6 is 0 Å². The highest BCUT2D eigenvalue weighted by Gasteiger charge is 2.47. The first kappa shape index (κ1) is 15.8. The maximum absolute atomic E-state index is 11.2. The molecule has 21 heavy (non-hydrogen) atoms. The summed E-state index contributed by atoms with van der Waals surface area (Å²) in [7, 11) is 0. The highest BCUT2D eigenvalue weighted by Crippen LogP contribution is 2.47. The first-order valence-electron chi connectivity index (χ1n) is 8.97. The van der Waals surface area contributed by atoms with Crippen LogP contribution in [0.25, 0.3) is 0 Å². The monoisotopic (exact) mass is 296 g/mol. The summed E-state index contributed by atoms with van der Waals surface area (Å²) >= 11 is 0. The zero-order chi connectivity index (χ0) is 14.9. The van der Waals surface area contributed by atoms with Crippen molar-refractivity contribution in [2.24, 2.45) is 17.8 Å². The third kappa shape index (κ3) is 3.30. The van der Waals surface area contributed by atoms with Gasteiger partial charge in [-0.05, 0) is 69.1 Å². The Balaban J connectivity index is 1.63. The van der Waals surface area contributed by atoms with Crippen LogP contribution in [0.15, 0.2) is 0 Å². The fraction of sp³-hybridized carbons (Fsp3) is 1.00. The molecule has 0 aromatic rings. The second-order valence-corrected chi connectivity index (χ2v) is 8.02. The minimum atomic E-state index is -0.430. The lowest BCUT2D eigenvalue weighted by atomic mass is 9.65. The average Bonchev–Trinajstić information content (AvgIpc) is 2.48. The van der Waals surface area contributed by atoms with E-state index < -0.39 is 5.60 Å². The van der Waals surface area contributed by atoms with E-state index in [1.807, 2.05) is 0 Å². The summed E-state index contributed by atoms with van der Waals surface area (Å²) in [5.74, 6) is 1.99. The lowest BCUT2D eigenvalue weighted by Crippen LogP contribution is -2.52. The van der Waals surface area contributed by atoms with Gasteiger partial charge in [0.1, 0.15) is 0 Å². The predicted molar refractivity (Wildman–Crippen MR) is 83.2 cm³/mol. The van der Waals surface area contributed by atoms with Crippen molar-refractivity contribution in [3.63, 3.8) is 0 Å². The van der Waals surface area contributed by atoms with Crippen molar-refractivity contribution in [2.75, 3.05) is 19.8 Å². The van der Waals surface area contributed by atoms with Crippen LogP contribution in [0.5, 0.6) is 0 Å². The molecule has 1 spiro atoms. The van der Waals surface area contributed by atoms with Crippen molar-refractivity contribution in [3.05, 3.63) is 0 Å². The van der Waals surface area contributed by atoms with Crippen LogP contribution in [0.1, 0.15) is 65.2 Å². The van der Waals surface area contributed by atoms with E-state index in [0.717, 1.165) is 70.2 Å². The van der Waals surface area contributed by atoms with Gasteiger partial charge < -0.3 is 14.6 Å². The van der Waals surface area contributed by atoms with E-state index in [4.69, 9.17) is 9.47 Å². The second-order valence-electron chi connectivity index (χ2n) is 8.02. The van der Waals surface area contributed by atoms with E-state index in [1.54, 1.807) is 0 Å². The SMILES string of the molecule is CC(C)C1CCC(O)(C2CCOC3(CCOCC3)C2)CC1. The van der Waals surface area contributed by atoms with Crippen molar-refractivity contribution in [2.45, 2.75) is 76.4 Å². The lowest BCUT2D eigenvalue weighted by molar-refractivity contribution is -0.182. The third-order valence-corrected chi connectivity index (χ3v) is 6.50. The molecule has 3 aliphatic rings. The summed E-state index contributed by atoms with van der Waals surface area (Å²) in [6.07, 6.45) is 8.47. The number of rotatable bonds is 2. The fourth-order valence-corrected chi connectivity index (χ4v) is 4.79. The molecule has 2 aliphatic heterocycles. The molecule has 0 bridgehead atoms. The van der Waals surface area contributed by atoms with E-state index in [0.29, 0.717) is 5.92 Å². The largest absolute Gasteiger partial charge is 0.390 e.